The molecule has 154 valence electrons. The highest BCUT2D eigenvalue weighted by molar-refractivity contribution is 6.07. The summed E-state index contributed by atoms with van der Waals surface area (Å²) in [6, 6.07) is 18.4. The largest absolute Gasteiger partial charge is 0.497 e. The lowest BCUT2D eigenvalue weighted by Gasteiger charge is -2.37. The number of hydrogen-bond acceptors (Lipinski definition) is 5. The summed E-state index contributed by atoms with van der Waals surface area (Å²) in [6.07, 6.45) is 2.15. The highest BCUT2D eigenvalue weighted by Crippen LogP contribution is 2.27. The Bertz CT molecular complexity index is 1070. The first-order valence-electron chi connectivity index (χ1n) is 10.6. The Kier molecular flexibility index (Phi) is 4.91. The number of para-hydroxylation sites is 1. The van der Waals surface area contributed by atoms with Crippen LogP contribution in [0.3, 0.4) is 0 Å². The lowest BCUT2D eigenvalue weighted by molar-refractivity contribution is 0.0952. The number of piperazine rings is 1. The molecule has 1 saturated carbocycles. The SMILES string of the molecule is COc1cccc(N2CCN(c3cc(C(=O)NC4CC4)c4ccccc4n3)CC2)c1. The molecule has 0 bridgehead atoms. The van der Waals surface area contributed by atoms with Crippen molar-refractivity contribution in [3.05, 3.63) is 60.2 Å². The number of nitrogens with one attached hydrogen (secondary N) is 1. The van der Waals surface area contributed by atoms with Crippen LogP contribution in [0, 0.1) is 0 Å². The van der Waals surface area contributed by atoms with Gasteiger partial charge in [-0.25, -0.2) is 4.98 Å². The molecule has 0 atom stereocenters. The first kappa shape index (κ1) is 18.7. The molecular weight excluding hydrogens is 376 g/mol. The number of ether oxygens (including phenoxy) is 1. The van der Waals surface area contributed by atoms with E-state index in [1.54, 1.807) is 7.11 Å². The molecule has 1 aromatic heterocycles. The summed E-state index contributed by atoms with van der Waals surface area (Å²) in [6.45, 7) is 3.50. The fourth-order valence-electron chi connectivity index (χ4n) is 4.00. The van der Waals surface area contributed by atoms with Crippen molar-refractivity contribution >= 4 is 28.3 Å². The molecule has 0 spiro atoms. The molecule has 2 aromatic carbocycles. The number of anilines is 2. The van der Waals surface area contributed by atoms with E-state index in [1.807, 2.05) is 42.5 Å². The number of methoxy groups -OCH3 is 1. The van der Waals surface area contributed by atoms with Crippen LogP contribution in [-0.4, -0.2) is 50.2 Å². The maximum atomic E-state index is 12.9. The van der Waals surface area contributed by atoms with Crippen molar-refractivity contribution in [3.63, 3.8) is 0 Å². The third-order valence-electron chi connectivity index (χ3n) is 5.88. The van der Waals surface area contributed by atoms with Crippen molar-refractivity contribution in [2.45, 2.75) is 18.9 Å². The number of nitrogens with zero attached hydrogens (tertiary/aromatic N) is 3. The monoisotopic (exact) mass is 402 g/mol. The van der Waals surface area contributed by atoms with Gasteiger partial charge in [-0.05, 0) is 37.1 Å². The third kappa shape index (κ3) is 3.77. The molecule has 1 aliphatic carbocycles. The molecule has 30 heavy (non-hydrogen) atoms. The van der Waals surface area contributed by atoms with E-state index in [2.05, 4.69) is 27.2 Å². The number of aromatic nitrogens is 1. The summed E-state index contributed by atoms with van der Waals surface area (Å²) < 4.78 is 5.36. The van der Waals surface area contributed by atoms with Gasteiger partial charge in [0.25, 0.3) is 5.91 Å². The van der Waals surface area contributed by atoms with E-state index in [1.165, 1.54) is 5.69 Å². The van der Waals surface area contributed by atoms with Gasteiger partial charge in [0, 0.05) is 49.4 Å². The zero-order valence-electron chi connectivity index (χ0n) is 17.2. The second-order valence-electron chi connectivity index (χ2n) is 7.97. The molecule has 2 fully saturated rings. The van der Waals surface area contributed by atoms with E-state index in [0.717, 1.165) is 67.1 Å². The number of benzene rings is 2. The van der Waals surface area contributed by atoms with Crippen LogP contribution >= 0.6 is 0 Å². The number of carbonyl (C=O) groups is 1. The number of amides is 1. The van der Waals surface area contributed by atoms with Crippen LogP contribution in [-0.2, 0) is 0 Å². The zero-order valence-corrected chi connectivity index (χ0v) is 17.2. The van der Waals surface area contributed by atoms with E-state index in [0.29, 0.717) is 6.04 Å². The normalized spacial score (nSPS) is 16.6. The Morgan fingerprint density at radius 2 is 1.77 bits per heavy atom. The molecule has 6 nitrogen and oxygen atoms in total. The molecule has 2 heterocycles. The average Bonchev–Trinajstić information content (AvgIpc) is 3.62. The van der Waals surface area contributed by atoms with Crippen LogP contribution in [0.25, 0.3) is 10.9 Å². The van der Waals surface area contributed by atoms with E-state index < -0.39 is 0 Å². The smallest absolute Gasteiger partial charge is 0.252 e. The standard InChI is InChI=1S/C24H26N4O2/c1-30-19-6-4-5-18(15-19)27-11-13-28(14-12-27)23-16-21(24(29)25-17-9-10-17)20-7-2-3-8-22(20)26-23/h2-8,15-17H,9-14H2,1H3,(H,25,29). The van der Waals surface area contributed by atoms with Crippen LogP contribution in [0.1, 0.15) is 23.2 Å². The molecule has 0 radical (unpaired) electrons. The Labute approximate surface area is 176 Å². The van der Waals surface area contributed by atoms with Crippen LogP contribution < -0.4 is 19.9 Å². The number of carbonyl (C=O) groups excluding carboxylic acids is 1. The van der Waals surface area contributed by atoms with Gasteiger partial charge in [0.1, 0.15) is 11.6 Å². The molecule has 0 unspecified atom stereocenters. The minimum Gasteiger partial charge on any atom is -0.497 e. The van der Waals surface area contributed by atoms with E-state index in [9.17, 15) is 4.79 Å². The van der Waals surface area contributed by atoms with E-state index in [-0.39, 0.29) is 5.91 Å². The number of fused-ring (bicyclic) bond motifs is 1. The van der Waals surface area contributed by atoms with Crippen molar-refractivity contribution in [2.75, 3.05) is 43.1 Å². The minimum atomic E-state index is 0.00682. The second kappa shape index (κ2) is 7.86. The van der Waals surface area contributed by atoms with Crippen LogP contribution in [0.2, 0.25) is 0 Å². The van der Waals surface area contributed by atoms with Gasteiger partial charge in [-0.15, -0.1) is 0 Å². The molecule has 2 aliphatic rings. The summed E-state index contributed by atoms with van der Waals surface area (Å²) in [5.41, 5.74) is 2.76. The van der Waals surface area contributed by atoms with Gasteiger partial charge >= 0.3 is 0 Å². The van der Waals surface area contributed by atoms with Crippen molar-refractivity contribution in [1.29, 1.82) is 0 Å². The van der Waals surface area contributed by atoms with Crippen LogP contribution in [0.4, 0.5) is 11.5 Å². The molecule has 1 N–H and O–H groups in total. The predicted molar refractivity (Wildman–Crippen MR) is 120 cm³/mol. The van der Waals surface area contributed by atoms with Crippen molar-refractivity contribution in [3.8, 4) is 5.75 Å². The summed E-state index contributed by atoms with van der Waals surface area (Å²) in [5.74, 6) is 1.75. The average molecular weight is 402 g/mol. The number of rotatable bonds is 5. The van der Waals surface area contributed by atoms with Crippen molar-refractivity contribution in [1.82, 2.24) is 10.3 Å². The second-order valence-corrected chi connectivity index (χ2v) is 7.97. The lowest BCUT2D eigenvalue weighted by Crippen LogP contribution is -2.47. The number of pyridine rings is 1. The summed E-state index contributed by atoms with van der Waals surface area (Å²) in [7, 11) is 1.69. The highest BCUT2D eigenvalue weighted by Gasteiger charge is 2.26. The third-order valence-corrected chi connectivity index (χ3v) is 5.88. The summed E-state index contributed by atoms with van der Waals surface area (Å²) >= 11 is 0. The lowest BCUT2D eigenvalue weighted by atomic mass is 10.1. The maximum Gasteiger partial charge on any atom is 0.252 e. The molecule has 1 amide bonds. The van der Waals surface area contributed by atoms with Crippen molar-refractivity contribution < 1.29 is 9.53 Å². The molecule has 6 heteroatoms. The van der Waals surface area contributed by atoms with Crippen LogP contribution in [0.15, 0.2) is 54.6 Å². The molecule has 5 rings (SSSR count). The summed E-state index contributed by atoms with van der Waals surface area (Å²) in [4.78, 5) is 22.4. The first-order valence-corrected chi connectivity index (χ1v) is 10.6. The molecule has 1 saturated heterocycles. The van der Waals surface area contributed by atoms with Gasteiger partial charge in [-0.1, -0.05) is 24.3 Å². The Balaban J connectivity index is 1.38. The fourth-order valence-corrected chi connectivity index (χ4v) is 4.00. The van der Waals surface area contributed by atoms with Gasteiger partial charge in [0.2, 0.25) is 0 Å². The van der Waals surface area contributed by atoms with Gasteiger partial charge in [0.15, 0.2) is 0 Å². The van der Waals surface area contributed by atoms with Gasteiger partial charge in [-0.3, -0.25) is 4.79 Å². The minimum absolute atomic E-state index is 0.00682. The molecular formula is C24H26N4O2. The van der Waals surface area contributed by atoms with Gasteiger partial charge in [-0.2, -0.15) is 0 Å². The Morgan fingerprint density at radius 1 is 1.00 bits per heavy atom. The van der Waals surface area contributed by atoms with E-state index >= 15 is 0 Å². The fraction of sp³-hybridized carbons (Fsp3) is 0.333. The first-order chi connectivity index (χ1) is 14.7. The van der Waals surface area contributed by atoms with Gasteiger partial charge < -0.3 is 19.9 Å². The topological polar surface area (TPSA) is 57.7 Å². The Hall–Kier alpha value is -3.28. The predicted octanol–water partition coefficient (Wildman–Crippen LogP) is 3.46. The highest BCUT2D eigenvalue weighted by atomic mass is 16.5. The molecule has 1 aliphatic heterocycles. The zero-order chi connectivity index (χ0) is 20.5. The Morgan fingerprint density at radius 3 is 2.53 bits per heavy atom. The molecule has 3 aromatic rings. The van der Waals surface area contributed by atoms with E-state index in [4.69, 9.17) is 9.72 Å². The quantitative estimate of drug-likeness (QED) is 0.708. The number of hydrogen-bond donors (Lipinski definition) is 1. The van der Waals surface area contributed by atoms with Crippen molar-refractivity contribution in [2.24, 2.45) is 0 Å². The summed E-state index contributed by atoms with van der Waals surface area (Å²) in [5, 5.41) is 4.04. The van der Waals surface area contributed by atoms with Gasteiger partial charge in [0.05, 0.1) is 18.2 Å². The maximum absolute atomic E-state index is 12.9. The van der Waals surface area contributed by atoms with Crippen LogP contribution in [0.5, 0.6) is 5.75 Å².